The lowest BCUT2D eigenvalue weighted by molar-refractivity contribution is 0.0773. The van der Waals surface area contributed by atoms with Gasteiger partial charge in [-0.15, -0.1) is 0 Å². The number of hydrogen-bond acceptors (Lipinski definition) is 5. The molecule has 5 nitrogen and oxygen atoms in total. The van der Waals surface area contributed by atoms with Crippen LogP contribution in [0.4, 0.5) is 11.4 Å². The summed E-state index contributed by atoms with van der Waals surface area (Å²) in [5.41, 5.74) is 5.26. The minimum Gasteiger partial charge on any atom is -0.354 e. The molecule has 1 N–H and O–H groups in total. The highest BCUT2D eigenvalue weighted by molar-refractivity contribution is 7.99. The highest BCUT2D eigenvalue weighted by Crippen LogP contribution is 2.30. The molecule has 0 aliphatic carbocycles. The van der Waals surface area contributed by atoms with Gasteiger partial charge in [-0.3, -0.25) is 4.79 Å². The van der Waals surface area contributed by atoms with Gasteiger partial charge in [0.2, 0.25) is 0 Å². The molecule has 4 rings (SSSR count). The van der Waals surface area contributed by atoms with Crippen LogP contribution in [-0.4, -0.2) is 45.4 Å². The molecule has 0 saturated carbocycles. The van der Waals surface area contributed by atoms with Crippen molar-refractivity contribution < 1.29 is 4.79 Å². The van der Waals surface area contributed by atoms with E-state index < -0.39 is 0 Å². The SMILES string of the molecule is CCCCc1ccc(Nc2c(C(=O)N3CCSCC3)cnc3nc(C)ccc23)cc1. The van der Waals surface area contributed by atoms with Gasteiger partial charge in [-0.1, -0.05) is 25.5 Å². The summed E-state index contributed by atoms with van der Waals surface area (Å²) in [7, 11) is 0. The Bertz CT molecular complexity index is 1030. The Labute approximate surface area is 182 Å². The van der Waals surface area contributed by atoms with Crippen molar-refractivity contribution in [1.82, 2.24) is 14.9 Å². The number of hydrogen-bond donors (Lipinski definition) is 1. The summed E-state index contributed by atoms with van der Waals surface area (Å²) in [5, 5.41) is 4.37. The van der Waals surface area contributed by atoms with Crippen LogP contribution in [0.5, 0.6) is 0 Å². The van der Waals surface area contributed by atoms with Crippen LogP contribution in [0.1, 0.15) is 41.4 Å². The summed E-state index contributed by atoms with van der Waals surface area (Å²) in [6.07, 6.45) is 5.15. The number of aryl methyl sites for hydroxylation is 2. The van der Waals surface area contributed by atoms with E-state index in [1.165, 1.54) is 18.4 Å². The average Bonchev–Trinajstić information content (AvgIpc) is 2.78. The van der Waals surface area contributed by atoms with E-state index in [1.807, 2.05) is 35.7 Å². The van der Waals surface area contributed by atoms with Crippen LogP contribution in [-0.2, 0) is 6.42 Å². The Hall–Kier alpha value is -2.60. The number of benzene rings is 1. The van der Waals surface area contributed by atoms with E-state index in [-0.39, 0.29) is 5.91 Å². The van der Waals surface area contributed by atoms with E-state index in [0.29, 0.717) is 11.2 Å². The second kappa shape index (κ2) is 9.47. The number of carbonyl (C=O) groups is 1. The molecule has 1 amide bonds. The summed E-state index contributed by atoms with van der Waals surface area (Å²) in [6, 6.07) is 12.5. The maximum absolute atomic E-state index is 13.3. The maximum atomic E-state index is 13.3. The van der Waals surface area contributed by atoms with E-state index in [1.54, 1.807) is 6.20 Å². The van der Waals surface area contributed by atoms with Gasteiger partial charge < -0.3 is 10.2 Å². The van der Waals surface area contributed by atoms with Crippen LogP contribution in [0, 0.1) is 6.92 Å². The van der Waals surface area contributed by atoms with Crippen molar-refractivity contribution in [2.75, 3.05) is 29.9 Å². The fraction of sp³-hybridized carbons (Fsp3) is 0.375. The van der Waals surface area contributed by atoms with Crippen LogP contribution >= 0.6 is 11.8 Å². The largest absolute Gasteiger partial charge is 0.354 e. The molecule has 156 valence electrons. The molecule has 1 aliphatic heterocycles. The lowest BCUT2D eigenvalue weighted by Gasteiger charge is -2.27. The van der Waals surface area contributed by atoms with Crippen molar-refractivity contribution in [2.45, 2.75) is 33.1 Å². The second-order valence-electron chi connectivity index (χ2n) is 7.70. The van der Waals surface area contributed by atoms with Gasteiger partial charge in [-0.25, -0.2) is 9.97 Å². The van der Waals surface area contributed by atoms with Crippen LogP contribution in [0.2, 0.25) is 0 Å². The van der Waals surface area contributed by atoms with E-state index >= 15 is 0 Å². The zero-order valence-electron chi connectivity index (χ0n) is 17.6. The number of thioether (sulfide) groups is 1. The standard InChI is InChI=1S/C24H28N4OS/c1-3-4-5-18-7-9-19(10-8-18)27-22-20-11-6-17(2)26-23(20)25-16-21(22)24(29)28-12-14-30-15-13-28/h6-11,16H,3-5,12-15H2,1-2H3,(H,25,26,27). The van der Waals surface area contributed by atoms with Crippen LogP contribution in [0.25, 0.3) is 11.0 Å². The van der Waals surface area contributed by atoms with Crippen molar-refractivity contribution in [1.29, 1.82) is 0 Å². The molecule has 30 heavy (non-hydrogen) atoms. The Morgan fingerprint density at radius 2 is 1.90 bits per heavy atom. The number of nitrogens with zero attached hydrogens (tertiary/aromatic N) is 3. The number of pyridine rings is 2. The lowest BCUT2D eigenvalue weighted by Crippen LogP contribution is -2.38. The predicted molar refractivity (Wildman–Crippen MR) is 126 cm³/mol. The number of anilines is 2. The third kappa shape index (κ3) is 4.59. The molecule has 0 bridgehead atoms. The van der Waals surface area contributed by atoms with Gasteiger partial charge in [0, 0.05) is 47.6 Å². The number of fused-ring (bicyclic) bond motifs is 1. The monoisotopic (exact) mass is 420 g/mol. The van der Waals surface area contributed by atoms with Crippen molar-refractivity contribution in [3.8, 4) is 0 Å². The summed E-state index contributed by atoms with van der Waals surface area (Å²) >= 11 is 1.89. The van der Waals surface area contributed by atoms with Gasteiger partial charge in [0.15, 0.2) is 5.65 Å². The number of aromatic nitrogens is 2. The van der Waals surface area contributed by atoms with E-state index in [0.717, 1.165) is 53.5 Å². The number of amides is 1. The minimum atomic E-state index is 0.0346. The van der Waals surface area contributed by atoms with Gasteiger partial charge in [0.25, 0.3) is 5.91 Å². The molecule has 6 heteroatoms. The molecule has 2 aromatic heterocycles. The van der Waals surface area contributed by atoms with Crippen molar-refractivity contribution in [3.05, 3.63) is 59.4 Å². The first kappa shape index (κ1) is 20.7. The molecule has 1 fully saturated rings. The van der Waals surface area contributed by atoms with Gasteiger partial charge in [0.05, 0.1) is 11.3 Å². The van der Waals surface area contributed by atoms with Crippen LogP contribution in [0.15, 0.2) is 42.6 Å². The first-order chi connectivity index (χ1) is 14.7. The summed E-state index contributed by atoms with van der Waals surface area (Å²) in [4.78, 5) is 24.3. The van der Waals surface area contributed by atoms with Crippen molar-refractivity contribution >= 4 is 40.1 Å². The number of carbonyl (C=O) groups excluding carboxylic acids is 1. The minimum absolute atomic E-state index is 0.0346. The fourth-order valence-electron chi connectivity index (χ4n) is 3.69. The maximum Gasteiger partial charge on any atom is 0.257 e. The van der Waals surface area contributed by atoms with Gasteiger partial charge >= 0.3 is 0 Å². The van der Waals surface area contributed by atoms with Crippen LogP contribution in [0.3, 0.4) is 0 Å². The normalized spacial score (nSPS) is 14.1. The topological polar surface area (TPSA) is 58.1 Å². The highest BCUT2D eigenvalue weighted by Gasteiger charge is 2.23. The zero-order valence-corrected chi connectivity index (χ0v) is 18.5. The molecular weight excluding hydrogens is 392 g/mol. The Kier molecular flexibility index (Phi) is 6.53. The first-order valence-corrected chi connectivity index (χ1v) is 11.8. The third-order valence-electron chi connectivity index (χ3n) is 5.44. The van der Waals surface area contributed by atoms with Crippen LogP contribution < -0.4 is 5.32 Å². The van der Waals surface area contributed by atoms with E-state index in [9.17, 15) is 4.79 Å². The van der Waals surface area contributed by atoms with Gasteiger partial charge in [-0.05, 0) is 49.6 Å². The van der Waals surface area contributed by atoms with Crippen molar-refractivity contribution in [3.63, 3.8) is 0 Å². The van der Waals surface area contributed by atoms with Crippen molar-refractivity contribution in [2.24, 2.45) is 0 Å². The number of unbranched alkanes of at least 4 members (excludes halogenated alkanes) is 1. The third-order valence-corrected chi connectivity index (χ3v) is 6.38. The van der Waals surface area contributed by atoms with E-state index in [2.05, 4.69) is 46.5 Å². The Morgan fingerprint density at radius 1 is 1.13 bits per heavy atom. The van der Waals surface area contributed by atoms with E-state index in [4.69, 9.17) is 0 Å². The predicted octanol–water partition coefficient (Wildman–Crippen LogP) is 5.21. The average molecular weight is 421 g/mol. The highest BCUT2D eigenvalue weighted by atomic mass is 32.2. The molecule has 3 heterocycles. The zero-order chi connectivity index (χ0) is 20.9. The number of nitrogens with one attached hydrogen (secondary N) is 1. The van der Waals surface area contributed by atoms with Gasteiger partial charge in [-0.2, -0.15) is 11.8 Å². The smallest absolute Gasteiger partial charge is 0.257 e. The fourth-order valence-corrected chi connectivity index (χ4v) is 4.59. The Morgan fingerprint density at radius 3 is 2.63 bits per heavy atom. The molecule has 1 aromatic carbocycles. The molecule has 0 radical (unpaired) electrons. The molecule has 0 unspecified atom stereocenters. The summed E-state index contributed by atoms with van der Waals surface area (Å²) in [6.45, 7) is 5.71. The summed E-state index contributed by atoms with van der Waals surface area (Å²) < 4.78 is 0. The molecule has 0 spiro atoms. The Balaban J connectivity index is 1.70. The molecule has 0 atom stereocenters. The molecule has 3 aromatic rings. The lowest BCUT2D eigenvalue weighted by atomic mass is 10.1. The first-order valence-electron chi connectivity index (χ1n) is 10.6. The van der Waals surface area contributed by atoms with Gasteiger partial charge in [0.1, 0.15) is 0 Å². The number of rotatable bonds is 6. The quantitative estimate of drug-likeness (QED) is 0.593. The molecule has 1 aliphatic rings. The summed E-state index contributed by atoms with van der Waals surface area (Å²) in [5.74, 6) is 2.00. The second-order valence-corrected chi connectivity index (χ2v) is 8.93. The molecular formula is C24H28N4OS. The molecule has 1 saturated heterocycles.